The van der Waals surface area contributed by atoms with E-state index in [9.17, 15) is 26.4 Å². The number of benzene rings is 1. The molecule has 1 amide bonds. The summed E-state index contributed by atoms with van der Waals surface area (Å²) in [5.41, 5.74) is 1.07. The molecule has 1 saturated heterocycles. The number of halogens is 3. The standard InChI is InChI=1S/C21H32F3N3O4S/c1-4-27(5-2)32(29,30)18-8-7-17(3)19(15-18)20(28)26-12-10-25(11-13-26)9-6-14-31-16-21(22,23)24/h7-8,15H,4-6,9-14,16H2,1-3H3. The van der Waals surface area contributed by atoms with Crippen LogP contribution >= 0.6 is 0 Å². The number of piperazine rings is 1. The van der Waals surface area contributed by atoms with Gasteiger partial charge >= 0.3 is 6.18 Å². The van der Waals surface area contributed by atoms with Gasteiger partial charge in [0.25, 0.3) is 5.91 Å². The Morgan fingerprint density at radius 2 is 1.75 bits per heavy atom. The van der Waals surface area contributed by atoms with Gasteiger partial charge in [-0.2, -0.15) is 17.5 Å². The lowest BCUT2D eigenvalue weighted by molar-refractivity contribution is -0.174. The number of nitrogens with zero attached hydrogens (tertiary/aromatic N) is 3. The van der Waals surface area contributed by atoms with Crippen molar-refractivity contribution in [1.29, 1.82) is 0 Å². The molecule has 0 radical (unpaired) electrons. The van der Waals surface area contributed by atoms with Crippen LogP contribution in [0.2, 0.25) is 0 Å². The summed E-state index contributed by atoms with van der Waals surface area (Å²) in [5, 5.41) is 0. The molecule has 0 aliphatic carbocycles. The first-order valence-corrected chi connectivity index (χ1v) is 12.2. The molecule has 1 aromatic rings. The van der Waals surface area contributed by atoms with Crippen molar-refractivity contribution in [2.24, 2.45) is 0 Å². The van der Waals surface area contributed by atoms with Crippen LogP contribution in [0.4, 0.5) is 13.2 Å². The van der Waals surface area contributed by atoms with Gasteiger partial charge < -0.3 is 9.64 Å². The van der Waals surface area contributed by atoms with E-state index in [-0.39, 0.29) is 17.4 Å². The van der Waals surface area contributed by atoms with Crippen LogP contribution in [0.1, 0.15) is 36.2 Å². The number of sulfonamides is 1. The van der Waals surface area contributed by atoms with E-state index < -0.39 is 22.8 Å². The lowest BCUT2D eigenvalue weighted by Crippen LogP contribution is -2.49. The molecule has 1 aromatic carbocycles. The number of carbonyl (C=O) groups is 1. The molecule has 0 unspecified atom stereocenters. The lowest BCUT2D eigenvalue weighted by atomic mass is 10.1. The zero-order valence-corrected chi connectivity index (χ0v) is 19.6. The van der Waals surface area contributed by atoms with Crippen molar-refractivity contribution in [1.82, 2.24) is 14.1 Å². The normalized spacial score (nSPS) is 16.0. The van der Waals surface area contributed by atoms with Crippen LogP contribution in [0.15, 0.2) is 23.1 Å². The first-order valence-electron chi connectivity index (χ1n) is 10.8. The number of hydrogen-bond donors (Lipinski definition) is 0. The van der Waals surface area contributed by atoms with Crippen molar-refractivity contribution >= 4 is 15.9 Å². The van der Waals surface area contributed by atoms with Crippen molar-refractivity contribution in [3.63, 3.8) is 0 Å². The molecule has 0 spiro atoms. The summed E-state index contributed by atoms with van der Waals surface area (Å²) in [6.07, 6.45) is -3.83. The second-order valence-electron chi connectivity index (χ2n) is 7.72. The van der Waals surface area contributed by atoms with Gasteiger partial charge in [0, 0.05) is 58.0 Å². The van der Waals surface area contributed by atoms with Gasteiger partial charge in [0.2, 0.25) is 10.0 Å². The van der Waals surface area contributed by atoms with E-state index in [1.54, 1.807) is 31.7 Å². The van der Waals surface area contributed by atoms with Crippen LogP contribution in [-0.4, -0.2) is 93.6 Å². The minimum absolute atomic E-state index is 0.0334. The molecular weight excluding hydrogens is 447 g/mol. The Morgan fingerprint density at radius 1 is 1.12 bits per heavy atom. The second-order valence-corrected chi connectivity index (χ2v) is 9.66. The summed E-state index contributed by atoms with van der Waals surface area (Å²) >= 11 is 0. The molecule has 1 aliphatic rings. The summed E-state index contributed by atoms with van der Waals surface area (Å²) < 4.78 is 67.9. The average Bonchev–Trinajstić information content (AvgIpc) is 2.73. The number of rotatable bonds is 10. The number of amides is 1. The van der Waals surface area contributed by atoms with Crippen molar-refractivity contribution in [2.45, 2.75) is 38.3 Å². The molecule has 2 rings (SSSR count). The maximum Gasteiger partial charge on any atom is 0.411 e. The Balaban J connectivity index is 1.94. The summed E-state index contributed by atoms with van der Waals surface area (Å²) in [5.74, 6) is -0.216. The zero-order chi connectivity index (χ0) is 23.9. The van der Waals surface area contributed by atoms with E-state index in [1.165, 1.54) is 16.4 Å². The summed E-state index contributed by atoms with van der Waals surface area (Å²) in [7, 11) is -3.67. The maximum absolute atomic E-state index is 13.1. The third-order valence-corrected chi connectivity index (χ3v) is 7.52. The van der Waals surface area contributed by atoms with Gasteiger partial charge in [-0.3, -0.25) is 9.69 Å². The highest BCUT2D eigenvalue weighted by molar-refractivity contribution is 7.89. The van der Waals surface area contributed by atoms with E-state index in [2.05, 4.69) is 9.64 Å². The van der Waals surface area contributed by atoms with Crippen LogP contribution in [0, 0.1) is 6.92 Å². The van der Waals surface area contributed by atoms with Crippen molar-refractivity contribution in [3.8, 4) is 0 Å². The SMILES string of the molecule is CCN(CC)S(=O)(=O)c1ccc(C)c(C(=O)N2CCN(CCCOCC(F)(F)F)CC2)c1. The Morgan fingerprint density at radius 3 is 2.31 bits per heavy atom. The van der Waals surface area contributed by atoms with Gasteiger partial charge in [-0.15, -0.1) is 0 Å². The number of alkyl halides is 3. The molecule has 0 saturated carbocycles. The zero-order valence-electron chi connectivity index (χ0n) is 18.8. The molecule has 1 heterocycles. The predicted octanol–water partition coefficient (Wildman–Crippen LogP) is 2.75. The Hall–Kier alpha value is -1.69. The van der Waals surface area contributed by atoms with E-state index in [0.717, 1.165) is 0 Å². The molecule has 0 atom stereocenters. The average molecular weight is 480 g/mol. The molecule has 1 aliphatic heterocycles. The lowest BCUT2D eigenvalue weighted by Gasteiger charge is -2.35. The fourth-order valence-electron chi connectivity index (χ4n) is 3.63. The first kappa shape index (κ1) is 26.6. The molecule has 1 fully saturated rings. The molecule has 182 valence electrons. The third-order valence-electron chi connectivity index (χ3n) is 5.47. The van der Waals surface area contributed by atoms with E-state index in [0.29, 0.717) is 63.4 Å². The Labute approximate surface area is 188 Å². The number of aryl methyl sites for hydroxylation is 1. The van der Waals surface area contributed by atoms with Gasteiger partial charge in [-0.05, 0) is 31.0 Å². The van der Waals surface area contributed by atoms with E-state index >= 15 is 0 Å². The molecule has 0 aromatic heterocycles. The number of carbonyl (C=O) groups excluding carboxylic acids is 1. The van der Waals surface area contributed by atoms with Gasteiger partial charge in [-0.1, -0.05) is 19.9 Å². The molecule has 0 bridgehead atoms. The fourth-order valence-corrected chi connectivity index (χ4v) is 5.11. The van der Waals surface area contributed by atoms with E-state index in [4.69, 9.17) is 0 Å². The van der Waals surface area contributed by atoms with Crippen LogP contribution in [0.3, 0.4) is 0 Å². The molecule has 11 heteroatoms. The van der Waals surface area contributed by atoms with Crippen molar-refractivity contribution in [2.75, 3.05) is 59.0 Å². The number of hydrogen-bond acceptors (Lipinski definition) is 5. The summed E-state index contributed by atoms with van der Waals surface area (Å²) in [4.78, 5) is 17.0. The van der Waals surface area contributed by atoms with Crippen molar-refractivity contribution < 1.29 is 31.1 Å². The minimum Gasteiger partial charge on any atom is -0.372 e. The summed E-state index contributed by atoms with van der Waals surface area (Å²) in [6, 6.07) is 4.63. The Bertz CT molecular complexity index is 866. The van der Waals surface area contributed by atoms with E-state index in [1.807, 2.05) is 0 Å². The van der Waals surface area contributed by atoms with Crippen LogP contribution in [-0.2, 0) is 14.8 Å². The van der Waals surface area contributed by atoms with Crippen LogP contribution in [0.25, 0.3) is 0 Å². The smallest absolute Gasteiger partial charge is 0.372 e. The maximum atomic E-state index is 13.1. The topological polar surface area (TPSA) is 70.2 Å². The van der Waals surface area contributed by atoms with Gasteiger partial charge in [-0.25, -0.2) is 8.42 Å². The summed E-state index contributed by atoms with van der Waals surface area (Å²) in [6.45, 7) is 7.52. The van der Waals surface area contributed by atoms with Gasteiger partial charge in [0.1, 0.15) is 6.61 Å². The molecule has 7 nitrogen and oxygen atoms in total. The second kappa shape index (κ2) is 11.4. The largest absolute Gasteiger partial charge is 0.411 e. The highest BCUT2D eigenvalue weighted by Crippen LogP contribution is 2.21. The van der Waals surface area contributed by atoms with Crippen LogP contribution in [0.5, 0.6) is 0 Å². The molecule has 0 N–H and O–H groups in total. The fraction of sp³-hybridized carbons (Fsp3) is 0.667. The monoisotopic (exact) mass is 479 g/mol. The quantitative estimate of drug-likeness (QED) is 0.483. The van der Waals surface area contributed by atoms with Gasteiger partial charge in [0.05, 0.1) is 4.90 Å². The van der Waals surface area contributed by atoms with Crippen molar-refractivity contribution in [3.05, 3.63) is 29.3 Å². The highest BCUT2D eigenvalue weighted by Gasteiger charge is 2.28. The molecular formula is C21H32F3N3O4S. The van der Waals surface area contributed by atoms with Gasteiger partial charge in [0.15, 0.2) is 0 Å². The Kier molecular flexibility index (Phi) is 9.50. The number of ether oxygens (including phenoxy) is 1. The minimum atomic E-state index is -4.31. The molecule has 32 heavy (non-hydrogen) atoms. The predicted molar refractivity (Wildman–Crippen MR) is 115 cm³/mol. The van der Waals surface area contributed by atoms with Crippen LogP contribution < -0.4 is 0 Å². The highest BCUT2D eigenvalue weighted by atomic mass is 32.2. The third kappa shape index (κ3) is 7.16. The first-order chi connectivity index (χ1) is 15.0.